The third-order valence-electron chi connectivity index (χ3n) is 16.4. The normalized spacial score (nSPS) is 12.5. The lowest BCUT2D eigenvalue weighted by Crippen LogP contribution is -1.99. The summed E-state index contributed by atoms with van der Waals surface area (Å²) in [4.78, 5) is 0. The lowest BCUT2D eigenvalue weighted by atomic mass is 9.77. The highest BCUT2D eigenvalue weighted by Gasteiger charge is 2.27. The third-order valence-corrected chi connectivity index (χ3v) is 16.4. The molecule has 1 nitrogen and oxygen atoms in total. The van der Waals surface area contributed by atoms with Crippen LogP contribution in [-0.2, 0) is 0 Å². The minimum absolute atomic E-state index is 1.23. The molecule has 0 amide bonds. The molecule has 0 unspecified atom stereocenters. The fraction of sp³-hybridized carbons (Fsp3) is 0. The van der Waals surface area contributed by atoms with Gasteiger partial charge in [-0.25, -0.2) is 0 Å². The molecular formula is C70H39N. The van der Waals surface area contributed by atoms with E-state index in [1.807, 2.05) is 0 Å². The van der Waals surface area contributed by atoms with Crippen molar-refractivity contribution in [1.82, 2.24) is 4.40 Å². The topological polar surface area (TPSA) is 4.41 Å². The van der Waals surface area contributed by atoms with Gasteiger partial charge in [-0.3, -0.25) is 0 Å². The van der Waals surface area contributed by atoms with Crippen LogP contribution in [0.25, 0.3) is 126 Å². The number of benzene rings is 13. The van der Waals surface area contributed by atoms with Gasteiger partial charge in [-0.2, -0.15) is 0 Å². The van der Waals surface area contributed by atoms with Crippen LogP contribution in [0.15, 0.2) is 237 Å². The summed E-state index contributed by atoms with van der Waals surface area (Å²) in [7, 11) is 0. The highest BCUT2D eigenvalue weighted by Crippen LogP contribution is 2.54. The summed E-state index contributed by atoms with van der Waals surface area (Å²) in [6, 6.07) is 89.7. The molecule has 15 aromatic rings. The van der Waals surface area contributed by atoms with E-state index in [1.54, 1.807) is 0 Å². The monoisotopic (exact) mass is 893 g/mol. The van der Waals surface area contributed by atoms with E-state index in [1.165, 1.54) is 167 Å². The van der Waals surface area contributed by atoms with Crippen LogP contribution in [0.1, 0.15) is 0 Å². The summed E-state index contributed by atoms with van der Waals surface area (Å²) in [6.07, 6.45) is 0. The maximum Gasteiger partial charge on any atom is 0.0620 e. The van der Waals surface area contributed by atoms with Crippen LogP contribution in [0.3, 0.4) is 0 Å². The second-order valence-corrected chi connectivity index (χ2v) is 19.7. The van der Waals surface area contributed by atoms with Crippen LogP contribution in [0.4, 0.5) is 0 Å². The molecule has 0 atom stereocenters. The maximum atomic E-state index is 2.62. The van der Waals surface area contributed by atoms with Crippen molar-refractivity contribution >= 4 is 81.2 Å². The molecule has 1 heteroatoms. The average molecular weight is 894 g/mol. The zero-order valence-electron chi connectivity index (χ0n) is 38.5. The SMILES string of the molecule is c1ccc2c(c1)-c1ccccc1-c1c(c3cc4c(cc3c3ccccc13)c1cccc3c5cc6c(cc5n4c13)c1c(c3ccccc36)=c3ccccc3=c3ccccc3=c3ccccc3=1)-c1ccccc1-2. The number of nitrogens with zero attached hydrogens (tertiary/aromatic N) is 1. The molecule has 0 N–H and O–H groups in total. The number of fused-ring (bicyclic) bond motifs is 28. The van der Waals surface area contributed by atoms with Gasteiger partial charge in [0.2, 0.25) is 0 Å². The summed E-state index contributed by atoms with van der Waals surface area (Å²) >= 11 is 0. The molecule has 0 bridgehead atoms. The molecule has 324 valence electrons. The minimum atomic E-state index is 1.23. The summed E-state index contributed by atoms with van der Waals surface area (Å²) in [5.41, 5.74) is 13.9. The Morgan fingerprint density at radius 1 is 0.197 bits per heavy atom. The predicted octanol–water partition coefficient (Wildman–Crippen LogP) is 17.9. The summed E-state index contributed by atoms with van der Waals surface area (Å²) in [6.45, 7) is 0. The zero-order valence-corrected chi connectivity index (χ0v) is 38.5. The number of hydrogen-bond acceptors (Lipinski definition) is 0. The lowest BCUT2D eigenvalue weighted by Gasteiger charge is -2.26. The maximum absolute atomic E-state index is 2.62. The molecule has 2 aliphatic carbocycles. The molecule has 0 saturated heterocycles. The van der Waals surface area contributed by atoms with Gasteiger partial charge in [-0.1, -0.05) is 212 Å². The molecule has 71 heavy (non-hydrogen) atoms. The summed E-state index contributed by atoms with van der Waals surface area (Å²) in [5, 5.41) is 25.5. The van der Waals surface area contributed by atoms with Crippen LogP contribution < -0.4 is 0 Å². The van der Waals surface area contributed by atoms with Crippen LogP contribution >= 0.6 is 0 Å². The van der Waals surface area contributed by atoms with Gasteiger partial charge in [0.1, 0.15) is 0 Å². The fourth-order valence-electron chi connectivity index (χ4n) is 13.6. The highest BCUT2D eigenvalue weighted by molar-refractivity contribution is 6.31. The van der Waals surface area contributed by atoms with Crippen LogP contribution in [0, 0.1) is 41.7 Å². The summed E-state index contributed by atoms with van der Waals surface area (Å²) < 4.78 is 2.62. The van der Waals surface area contributed by atoms with E-state index in [2.05, 4.69) is 241 Å². The van der Waals surface area contributed by atoms with E-state index < -0.39 is 0 Å². The Labute approximate surface area is 406 Å². The van der Waals surface area contributed by atoms with E-state index >= 15 is 0 Å². The Morgan fingerprint density at radius 2 is 0.535 bits per heavy atom. The van der Waals surface area contributed by atoms with Crippen molar-refractivity contribution in [3.8, 4) is 44.5 Å². The van der Waals surface area contributed by atoms with Gasteiger partial charge >= 0.3 is 0 Å². The van der Waals surface area contributed by atoms with Crippen molar-refractivity contribution in [3.63, 3.8) is 0 Å². The third kappa shape index (κ3) is 4.80. The summed E-state index contributed by atoms with van der Waals surface area (Å²) in [5.74, 6) is 0. The molecule has 0 aliphatic heterocycles. The Balaban J connectivity index is 1.12. The molecular weight excluding hydrogens is 855 g/mol. The van der Waals surface area contributed by atoms with Crippen molar-refractivity contribution in [3.05, 3.63) is 278 Å². The molecule has 0 fully saturated rings. The molecule has 17 rings (SSSR count). The minimum Gasteiger partial charge on any atom is -0.308 e. The van der Waals surface area contributed by atoms with Crippen molar-refractivity contribution < 1.29 is 0 Å². The van der Waals surface area contributed by atoms with Crippen LogP contribution in [-0.4, -0.2) is 4.40 Å². The van der Waals surface area contributed by atoms with E-state index in [4.69, 9.17) is 0 Å². The van der Waals surface area contributed by atoms with Gasteiger partial charge in [0.05, 0.1) is 16.6 Å². The first-order valence-electron chi connectivity index (χ1n) is 24.8. The van der Waals surface area contributed by atoms with Crippen molar-refractivity contribution in [2.45, 2.75) is 0 Å². The Morgan fingerprint density at radius 3 is 1.07 bits per heavy atom. The van der Waals surface area contributed by atoms with Gasteiger partial charge in [-0.15, -0.1) is 0 Å². The molecule has 0 radical (unpaired) electrons. The number of hydrogen-bond donors (Lipinski definition) is 0. The van der Waals surface area contributed by atoms with Gasteiger partial charge < -0.3 is 4.40 Å². The highest BCUT2D eigenvalue weighted by atomic mass is 14.9. The van der Waals surface area contributed by atoms with Crippen molar-refractivity contribution in [2.75, 3.05) is 0 Å². The van der Waals surface area contributed by atoms with Crippen molar-refractivity contribution in [2.24, 2.45) is 0 Å². The fourth-order valence-corrected chi connectivity index (χ4v) is 13.6. The largest absolute Gasteiger partial charge is 0.308 e. The standard InChI is InChI=1S/C70H39N/c1-3-20-42-40(18-1)44-22-5-11-28-50(44)66-54-32-15-9-26-48(54)58-36-60-56-34-17-35-57-61-37-59-49-27-10-16-33-55(49)67-51-29-12-6-23-45(51)41-19-2-4-21-43(41)47-25-8-14-31-53(47)69(67)63(59)39-65(61)71(70(56)57)64(60)38-62(58)68(66)52-30-13-7-24-46(42)52/h1-39H. The van der Waals surface area contributed by atoms with E-state index in [0.717, 1.165) is 0 Å². The van der Waals surface area contributed by atoms with Gasteiger partial charge in [0, 0.05) is 21.5 Å². The van der Waals surface area contributed by atoms with Crippen molar-refractivity contribution in [1.29, 1.82) is 0 Å². The molecule has 0 saturated carbocycles. The van der Waals surface area contributed by atoms with E-state index in [0.29, 0.717) is 0 Å². The second-order valence-electron chi connectivity index (χ2n) is 19.7. The second kappa shape index (κ2) is 13.7. The quantitative estimate of drug-likeness (QED) is 0.134. The molecule has 13 aromatic carbocycles. The first kappa shape index (κ1) is 37.7. The Bertz CT molecular complexity index is 5350. The molecule has 2 heterocycles. The average Bonchev–Trinajstić information content (AvgIpc) is 3.95. The Hall–Kier alpha value is -9.30. The molecule has 2 aromatic heterocycles. The number of para-hydroxylation sites is 1. The van der Waals surface area contributed by atoms with Gasteiger partial charge in [0.15, 0.2) is 0 Å². The van der Waals surface area contributed by atoms with E-state index in [-0.39, 0.29) is 0 Å². The molecule has 0 spiro atoms. The lowest BCUT2D eigenvalue weighted by molar-refractivity contribution is 1.31. The number of rotatable bonds is 0. The number of aromatic nitrogens is 1. The first-order valence-corrected chi connectivity index (χ1v) is 24.8. The van der Waals surface area contributed by atoms with Crippen LogP contribution in [0.2, 0.25) is 0 Å². The van der Waals surface area contributed by atoms with Gasteiger partial charge in [-0.05, 0) is 154 Å². The van der Waals surface area contributed by atoms with Crippen LogP contribution in [0.5, 0.6) is 0 Å². The zero-order chi connectivity index (χ0) is 46.1. The molecule has 2 aliphatic rings. The first-order chi connectivity index (χ1) is 35.3. The van der Waals surface area contributed by atoms with E-state index in [9.17, 15) is 0 Å². The van der Waals surface area contributed by atoms with Gasteiger partial charge in [0.25, 0.3) is 0 Å². The predicted molar refractivity (Wildman–Crippen MR) is 296 cm³/mol. The smallest absolute Gasteiger partial charge is 0.0620 e. The Kier molecular flexibility index (Phi) is 7.26.